The summed E-state index contributed by atoms with van der Waals surface area (Å²) in [5, 5.41) is 8.88. The topological polar surface area (TPSA) is 66.0 Å². The minimum absolute atomic E-state index is 0.324. The number of aromatic nitrogens is 1. The van der Waals surface area contributed by atoms with Gasteiger partial charge in [-0.3, -0.25) is 5.32 Å². The molecule has 0 aliphatic carbocycles. The molecule has 3 rings (SSSR count). The van der Waals surface area contributed by atoms with Crippen LogP contribution in [0.2, 0.25) is 0 Å². The van der Waals surface area contributed by atoms with E-state index in [-0.39, 0.29) is 6.03 Å². The summed E-state index contributed by atoms with van der Waals surface area (Å²) in [5.41, 5.74) is 6.30. The number of anilines is 4. The van der Waals surface area contributed by atoms with E-state index in [0.29, 0.717) is 5.82 Å². The van der Waals surface area contributed by atoms with Gasteiger partial charge in [-0.15, -0.1) is 0 Å². The van der Waals surface area contributed by atoms with Gasteiger partial charge in [-0.1, -0.05) is 35.9 Å². The third kappa shape index (κ3) is 4.39. The molecular formula is C21H22N4O. The van der Waals surface area contributed by atoms with Gasteiger partial charge in [0, 0.05) is 11.4 Å². The molecule has 1 aromatic heterocycles. The van der Waals surface area contributed by atoms with Crippen molar-refractivity contribution in [3.05, 3.63) is 77.5 Å². The molecule has 0 spiro atoms. The molecular weight excluding hydrogens is 324 g/mol. The Morgan fingerprint density at radius 1 is 0.846 bits per heavy atom. The van der Waals surface area contributed by atoms with E-state index in [9.17, 15) is 4.79 Å². The second kappa shape index (κ2) is 7.70. The molecule has 5 heteroatoms. The maximum Gasteiger partial charge on any atom is 0.324 e. The van der Waals surface area contributed by atoms with Crippen LogP contribution < -0.4 is 16.0 Å². The number of amides is 2. The fraction of sp³-hybridized carbons (Fsp3) is 0.143. The number of urea groups is 1. The first kappa shape index (κ1) is 17.5. The molecule has 0 aliphatic heterocycles. The van der Waals surface area contributed by atoms with E-state index in [1.807, 2.05) is 36.4 Å². The molecule has 2 amide bonds. The number of benzene rings is 2. The number of para-hydroxylation sites is 1. The maximum atomic E-state index is 12.0. The number of hydrogen-bond donors (Lipinski definition) is 3. The zero-order chi connectivity index (χ0) is 18.5. The molecule has 26 heavy (non-hydrogen) atoms. The Kier molecular flexibility index (Phi) is 5.17. The number of nitrogens with one attached hydrogen (secondary N) is 3. The summed E-state index contributed by atoms with van der Waals surface area (Å²) in [5.74, 6) is 0.487. The van der Waals surface area contributed by atoms with Crippen molar-refractivity contribution in [2.75, 3.05) is 16.0 Å². The average molecular weight is 346 g/mol. The number of carbonyl (C=O) groups is 1. The Morgan fingerprint density at radius 3 is 2.15 bits per heavy atom. The van der Waals surface area contributed by atoms with Crippen LogP contribution in [0.4, 0.5) is 27.7 Å². The molecule has 0 fully saturated rings. The van der Waals surface area contributed by atoms with E-state index in [1.165, 1.54) is 16.7 Å². The van der Waals surface area contributed by atoms with E-state index in [0.717, 1.165) is 17.1 Å². The van der Waals surface area contributed by atoms with Gasteiger partial charge >= 0.3 is 6.03 Å². The fourth-order valence-corrected chi connectivity index (χ4v) is 2.86. The van der Waals surface area contributed by atoms with Crippen LogP contribution in [0, 0.1) is 20.8 Å². The monoisotopic (exact) mass is 346 g/mol. The highest BCUT2D eigenvalue weighted by atomic mass is 16.2. The first-order valence-corrected chi connectivity index (χ1v) is 8.45. The van der Waals surface area contributed by atoms with Gasteiger partial charge in [0.05, 0.1) is 11.9 Å². The lowest BCUT2D eigenvalue weighted by molar-refractivity contribution is 0.262. The zero-order valence-corrected chi connectivity index (χ0v) is 15.1. The summed E-state index contributed by atoms with van der Waals surface area (Å²) in [7, 11) is 0. The van der Waals surface area contributed by atoms with Crippen molar-refractivity contribution in [1.82, 2.24) is 4.98 Å². The summed E-state index contributed by atoms with van der Waals surface area (Å²) in [6.45, 7) is 6.26. The highest BCUT2D eigenvalue weighted by Gasteiger charge is 2.06. The summed E-state index contributed by atoms with van der Waals surface area (Å²) >= 11 is 0. The Bertz CT molecular complexity index is 882. The van der Waals surface area contributed by atoms with E-state index >= 15 is 0 Å². The van der Waals surface area contributed by atoms with Crippen molar-refractivity contribution in [3.8, 4) is 0 Å². The van der Waals surface area contributed by atoms with Crippen LogP contribution in [0.25, 0.3) is 0 Å². The van der Waals surface area contributed by atoms with Crippen molar-refractivity contribution in [2.24, 2.45) is 0 Å². The second-order valence-electron chi connectivity index (χ2n) is 6.28. The minimum Gasteiger partial charge on any atom is -0.354 e. The predicted octanol–water partition coefficient (Wildman–Crippen LogP) is 5.39. The highest BCUT2D eigenvalue weighted by Crippen LogP contribution is 2.26. The lowest BCUT2D eigenvalue weighted by Crippen LogP contribution is -2.19. The number of pyridine rings is 1. The van der Waals surface area contributed by atoms with Crippen molar-refractivity contribution in [3.63, 3.8) is 0 Å². The van der Waals surface area contributed by atoms with Gasteiger partial charge < -0.3 is 10.6 Å². The average Bonchev–Trinajstić information content (AvgIpc) is 2.60. The molecule has 132 valence electrons. The number of hydrogen-bond acceptors (Lipinski definition) is 3. The smallest absolute Gasteiger partial charge is 0.324 e. The van der Waals surface area contributed by atoms with Gasteiger partial charge in [0.2, 0.25) is 0 Å². The molecule has 0 aliphatic rings. The summed E-state index contributed by atoms with van der Waals surface area (Å²) in [6, 6.07) is 16.9. The minimum atomic E-state index is -0.324. The Balaban J connectivity index is 1.64. The van der Waals surface area contributed by atoms with Gasteiger partial charge in [-0.05, 0) is 56.2 Å². The lowest BCUT2D eigenvalue weighted by atomic mass is 10.0. The number of nitrogens with zero attached hydrogens (tertiary/aromatic N) is 1. The van der Waals surface area contributed by atoms with Crippen LogP contribution in [-0.2, 0) is 0 Å². The molecule has 3 aromatic rings. The van der Waals surface area contributed by atoms with Crippen LogP contribution in [0.3, 0.4) is 0 Å². The summed E-state index contributed by atoms with van der Waals surface area (Å²) in [6.07, 6.45) is 1.71. The highest BCUT2D eigenvalue weighted by molar-refractivity contribution is 5.99. The first-order chi connectivity index (χ1) is 12.5. The number of carbonyl (C=O) groups excluding carboxylic acids is 1. The molecule has 0 saturated heterocycles. The van der Waals surface area contributed by atoms with Crippen LogP contribution in [-0.4, -0.2) is 11.0 Å². The van der Waals surface area contributed by atoms with Gasteiger partial charge in [0.15, 0.2) is 0 Å². The Morgan fingerprint density at radius 2 is 1.54 bits per heavy atom. The molecule has 1 heterocycles. The SMILES string of the molecule is Cc1cc(C)c(Nc2ccc(NC(=O)Nc3ccccc3)nc2)c(C)c1. The van der Waals surface area contributed by atoms with E-state index in [2.05, 4.69) is 53.8 Å². The molecule has 0 unspecified atom stereocenters. The largest absolute Gasteiger partial charge is 0.354 e. The van der Waals surface area contributed by atoms with E-state index in [4.69, 9.17) is 0 Å². The lowest BCUT2D eigenvalue weighted by Gasteiger charge is -2.14. The van der Waals surface area contributed by atoms with Crippen LogP contribution in [0.5, 0.6) is 0 Å². The van der Waals surface area contributed by atoms with Crippen LogP contribution in [0.1, 0.15) is 16.7 Å². The molecule has 5 nitrogen and oxygen atoms in total. The van der Waals surface area contributed by atoms with Gasteiger partial charge in [-0.2, -0.15) is 0 Å². The summed E-state index contributed by atoms with van der Waals surface area (Å²) in [4.78, 5) is 16.3. The van der Waals surface area contributed by atoms with Crippen LogP contribution in [0.15, 0.2) is 60.8 Å². The van der Waals surface area contributed by atoms with Gasteiger partial charge in [-0.25, -0.2) is 9.78 Å². The van der Waals surface area contributed by atoms with Crippen LogP contribution >= 0.6 is 0 Å². The Labute approximate surface area is 153 Å². The quantitative estimate of drug-likeness (QED) is 0.593. The van der Waals surface area contributed by atoms with Crippen molar-refractivity contribution < 1.29 is 4.79 Å². The van der Waals surface area contributed by atoms with E-state index < -0.39 is 0 Å². The first-order valence-electron chi connectivity index (χ1n) is 8.45. The zero-order valence-electron chi connectivity index (χ0n) is 15.1. The van der Waals surface area contributed by atoms with Crippen molar-refractivity contribution >= 4 is 28.9 Å². The molecule has 0 bridgehead atoms. The second-order valence-corrected chi connectivity index (χ2v) is 6.28. The molecule has 0 radical (unpaired) electrons. The van der Waals surface area contributed by atoms with Gasteiger partial charge in [0.25, 0.3) is 0 Å². The van der Waals surface area contributed by atoms with Gasteiger partial charge in [0.1, 0.15) is 5.82 Å². The van der Waals surface area contributed by atoms with Crippen molar-refractivity contribution in [2.45, 2.75) is 20.8 Å². The molecule has 3 N–H and O–H groups in total. The number of rotatable bonds is 4. The molecule has 2 aromatic carbocycles. The maximum absolute atomic E-state index is 12.0. The predicted molar refractivity (Wildman–Crippen MR) is 107 cm³/mol. The molecule has 0 saturated carbocycles. The Hall–Kier alpha value is -3.34. The third-order valence-corrected chi connectivity index (χ3v) is 3.98. The van der Waals surface area contributed by atoms with Crippen molar-refractivity contribution in [1.29, 1.82) is 0 Å². The number of aryl methyl sites for hydroxylation is 3. The fourth-order valence-electron chi connectivity index (χ4n) is 2.86. The normalized spacial score (nSPS) is 10.3. The third-order valence-electron chi connectivity index (χ3n) is 3.98. The standard InChI is InChI=1S/C21H22N4O/c1-14-11-15(2)20(16(3)12-14)23-18-9-10-19(22-13-18)25-21(26)24-17-7-5-4-6-8-17/h4-13,23H,1-3H3,(H2,22,24,25,26). The summed E-state index contributed by atoms with van der Waals surface area (Å²) < 4.78 is 0. The van der Waals surface area contributed by atoms with E-state index in [1.54, 1.807) is 12.3 Å². The molecule has 0 atom stereocenters.